The Kier molecular flexibility index (Phi) is 5.14. The highest BCUT2D eigenvalue weighted by molar-refractivity contribution is 5.99. The van der Waals surface area contributed by atoms with Gasteiger partial charge in [0.05, 0.1) is 0 Å². The van der Waals surface area contributed by atoms with E-state index in [4.69, 9.17) is 5.11 Å². The zero-order chi connectivity index (χ0) is 16.1. The zero-order valence-corrected chi connectivity index (χ0v) is 12.5. The molecule has 6 heteroatoms. The number of amides is 2. The van der Waals surface area contributed by atoms with Crippen molar-refractivity contribution in [1.82, 2.24) is 10.6 Å². The average molecular weight is 304 g/mol. The molecular formula is C16H20N2O4. The number of carbonyl (C=O) groups excluding carboxylic acids is 2. The maximum Gasteiger partial charge on any atom is 0.326 e. The number of carbonyl (C=O) groups is 3. The highest BCUT2D eigenvalue weighted by Gasteiger charge is 2.24. The monoisotopic (exact) mass is 304 g/mol. The van der Waals surface area contributed by atoms with Crippen molar-refractivity contribution in [2.24, 2.45) is 0 Å². The lowest BCUT2D eigenvalue weighted by atomic mass is 10.1. The quantitative estimate of drug-likeness (QED) is 0.712. The van der Waals surface area contributed by atoms with Crippen LogP contribution in [0.4, 0.5) is 0 Å². The Balaban J connectivity index is 1.97. The van der Waals surface area contributed by atoms with Gasteiger partial charge in [-0.15, -0.1) is 0 Å². The van der Waals surface area contributed by atoms with Gasteiger partial charge < -0.3 is 15.7 Å². The van der Waals surface area contributed by atoms with Crippen molar-refractivity contribution in [3.8, 4) is 0 Å². The highest BCUT2D eigenvalue weighted by Crippen LogP contribution is 2.19. The van der Waals surface area contributed by atoms with Gasteiger partial charge in [-0.25, -0.2) is 4.79 Å². The number of rotatable bonds is 7. The van der Waals surface area contributed by atoms with Crippen molar-refractivity contribution in [3.63, 3.8) is 0 Å². The molecular weight excluding hydrogens is 284 g/mol. The lowest BCUT2D eigenvalue weighted by Gasteiger charge is -2.13. The van der Waals surface area contributed by atoms with Gasteiger partial charge in [-0.05, 0) is 43.5 Å². The largest absolute Gasteiger partial charge is 0.480 e. The van der Waals surface area contributed by atoms with Crippen LogP contribution in [-0.2, 0) is 4.79 Å². The fraction of sp³-hybridized carbons (Fsp3) is 0.438. The molecule has 6 nitrogen and oxygen atoms in total. The maximum atomic E-state index is 12.0. The van der Waals surface area contributed by atoms with E-state index in [9.17, 15) is 14.4 Å². The first-order valence-electron chi connectivity index (χ1n) is 7.46. The number of carboxylic acids is 1. The molecule has 22 heavy (non-hydrogen) atoms. The van der Waals surface area contributed by atoms with Crippen LogP contribution in [0.15, 0.2) is 24.3 Å². The predicted octanol–water partition coefficient (Wildman–Crippen LogP) is 1.56. The summed E-state index contributed by atoms with van der Waals surface area (Å²) in [5.74, 6) is -1.64. The molecule has 0 aliphatic heterocycles. The molecule has 1 aromatic carbocycles. The third-order valence-electron chi connectivity index (χ3n) is 3.50. The second-order valence-electron chi connectivity index (χ2n) is 5.48. The van der Waals surface area contributed by atoms with Gasteiger partial charge in [0.15, 0.2) is 0 Å². The molecule has 2 rings (SSSR count). The standard InChI is InChI=1S/C16H20N2O4/c1-2-3-13(16(21)22)18-15(20)11-6-4-10(5-7-11)14(19)17-12-8-9-12/h4-7,12-13H,2-3,8-9H2,1H3,(H,17,19)(H,18,20)(H,21,22). The molecule has 1 saturated carbocycles. The molecule has 2 amide bonds. The van der Waals surface area contributed by atoms with Crippen LogP contribution in [0.1, 0.15) is 53.3 Å². The van der Waals surface area contributed by atoms with Crippen molar-refractivity contribution >= 4 is 17.8 Å². The van der Waals surface area contributed by atoms with Crippen LogP contribution >= 0.6 is 0 Å². The Labute approximate surface area is 128 Å². The van der Waals surface area contributed by atoms with Gasteiger partial charge in [0.2, 0.25) is 0 Å². The van der Waals surface area contributed by atoms with E-state index < -0.39 is 17.9 Å². The van der Waals surface area contributed by atoms with Crippen molar-refractivity contribution in [1.29, 1.82) is 0 Å². The Morgan fingerprint density at radius 1 is 1.14 bits per heavy atom. The molecule has 0 heterocycles. The molecule has 0 bridgehead atoms. The molecule has 1 aromatic rings. The van der Waals surface area contributed by atoms with Crippen molar-refractivity contribution < 1.29 is 19.5 Å². The summed E-state index contributed by atoms with van der Waals surface area (Å²) in [6.45, 7) is 1.86. The van der Waals surface area contributed by atoms with Gasteiger partial charge >= 0.3 is 5.97 Å². The maximum absolute atomic E-state index is 12.0. The minimum absolute atomic E-state index is 0.149. The molecule has 1 fully saturated rings. The van der Waals surface area contributed by atoms with E-state index >= 15 is 0 Å². The van der Waals surface area contributed by atoms with Crippen molar-refractivity contribution in [3.05, 3.63) is 35.4 Å². The summed E-state index contributed by atoms with van der Waals surface area (Å²) >= 11 is 0. The van der Waals surface area contributed by atoms with Crippen LogP contribution in [0.25, 0.3) is 0 Å². The van der Waals surface area contributed by atoms with Gasteiger partial charge in [-0.1, -0.05) is 13.3 Å². The summed E-state index contributed by atoms with van der Waals surface area (Å²) in [5, 5.41) is 14.4. The van der Waals surface area contributed by atoms with Gasteiger partial charge in [0.1, 0.15) is 6.04 Å². The normalized spacial score (nSPS) is 15.0. The Morgan fingerprint density at radius 2 is 1.68 bits per heavy atom. The smallest absolute Gasteiger partial charge is 0.326 e. The van der Waals surface area contributed by atoms with E-state index in [0.717, 1.165) is 12.8 Å². The first kappa shape index (κ1) is 16.0. The molecule has 1 unspecified atom stereocenters. The molecule has 1 aliphatic rings. The molecule has 118 valence electrons. The number of carboxylic acid groups (broad SMARTS) is 1. The topological polar surface area (TPSA) is 95.5 Å². The molecule has 0 radical (unpaired) electrons. The van der Waals surface area contributed by atoms with Crippen LogP contribution in [0.3, 0.4) is 0 Å². The fourth-order valence-corrected chi connectivity index (χ4v) is 2.06. The third-order valence-corrected chi connectivity index (χ3v) is 3.50. The number of hydrogen-bond acceptors (Lipinski definition) is 3. The number of aliphatic carboxylic acids is 1. The molecule has 3 N–H and O–H groups in total. The number of benzene rings is 1. The van der Waals surface area contributed by atoms with Gasteiger partial charge in [0, 0.05) is 17.2 Å². The van der Waals surface area contributed by atoms with Crippen molar-refractivity contribution in [2.75, 3.05) is 0 Å². The molecule has 0 aromatic heterocycles. The van der Waals surface area contributed by atoms with E-state index in [1.165, 1.54) is 12.1 Å². The first-order chi connectivity index (χ1) is 10.5. The van der Waals surface area contributed by atoms with Gasteiger partial charge in [-0.2, -0.15) is 0 Å². The molecule has 0 saturated heterocycles. The molecule has 1 atom stereocenters. The summed E-state index contributed by atoms with van der Waals surface area (Å²) < 4.78 is 0. The number of nitrogens with one attached hydrogen (secondary N) is 2. The summed E-state index contributed by atoms with van der Waals surface area (Å²) in [6, 6.07) is 5.59. The zero-order valence-electron chi connectivity index (χ0n) is 12.5. The lowest BCUT2D eigenvalue weighted by molar-refractivity contribution is -0.139. The Morgan fingerprint density at radius 3 is 2.14 bits per heavy atom. The van der Waals surface area contributed by atoms with E-state index in [-0.39, 0.29) is 11.9 Å². The fourth-order valence-electron chi connectivity index (χ4n) is 2.06. The number of hydrogen-bond donors (Lipinski definition) is 3. The SMILES string of the molecule is CCCC(NC(=O)c1ccc(C(=O)NC2CC2)cc1)C(=O)O. The van der Waals surface area contributed by atoms with Crippen LogP contribution in [0.5, 0.6) is 0 Å². The minimum atomic E-state index is -1.05. The van der Waals surface area contributed by atoms with E-state index in [0.29, 0.717) is 24.0 Å². The van der Waals surface area contributed by atoms with Crippen LogP contribution < -0.4 is 10.6 Å². The van der Waals surface area contributed by atoms with Gasteiger partial charge in [0.25, 0.3) is 11.8 Å². The molecule has 0 spiro atoms. The van der Waals surface area contributed by atoms with Crippen LogP contribution in [0.2, 0.25) is 0 Å². The Hall–Kier alpha value is -2.37. The summed E-state index contributed by atoms with van der Waals surface area (Å²) in [7, 11) is 0. The Bertz CT molecular complexity index is 564. The molecule has 1 aliphatic carbocycles. The first-order valence-corrected chi connectivity index (χ1v) is 7.46. The van der Waals surface area contributed by atoms with E-state index in [2.05, 4.69) is 10.6 Å². The average Bonchev–Trinajstić information content (AvgIpc) is 3.30. The minimum Gasteiger partial charge on any atom is -0.480 e. The van der Waals surface area contributed by atoms with Crippen LogP contribution in [-0.4, -0.2) is 35.0 Å². The summed E-state index contributed by atoms with van der Waals surface area (Å²) in [5.41, 5.74) is 0.831. The second kappa shape index (κ2) is 7.06. The summed E-state index contributed by atoms with van der Waals surface area (Å²) in [4.78, 5) is 34.9. The van der Waals surface area contributed by atoms with E-state index in [1.54, 1.807) is 12.1 Å². The summed E-state index contributed by atoms with van der Waals surface area (Å²) in [6.07, 6.45) is 3.07. The van der Waals surface area contributed by atoms with Crippen molar-refractivity contribution in [2.45, 2.75) is 44.7 Å². The predicted molar refractivity (Wildman–Crippen MR) is 80.7 cm³/mol. The van der Waals surface area contributed by atoms with E-state index in [1.807, 2.05) is 6.92 Å². The van der Waals surface area contributed by atoms with Gasteiger partial charge in [-0.3, -0.25) is 9.59 Å². The highest BCUT2D eigenvalue weighted by atomic mass is 16.4. The lowest BCUT2D eigenvalue weighted by Crippen LogP contribution is -2.40. The van der Waals surface area contributed by atoms with Crippen LogP contribution in [0, 0.1) is 0 Å². The second-order valence-corrected chi connectivity index (χ2v) is 5.48. The third kappa shape index (κ3) is 4.31.